The van der Waals surface area contributed by atoms with Gasteiger partial charge in [-0.25, -0.2) is 0 Å². The molecule has 0 aliphatic carbocycles. The Balaban J connectivity index is 2.96. The third kappa shape index (κ3) is 0.997. The van der Waals surface area contributed by atoms with E-state index in [2.05, 4.69) is 0 Å². The summed E-state index contributed by atoms with van der Waals surface area (Å²) in [5.41, 5.74) is 0. The number of halogens is 5. The molecule has 0 fully saturated rings. The Morgan fingerprint density at radius 2 is 1.73 bits per heavy atom. The van der Waals surface area contributed by atoms with Crippen LogP contribution in [0.1, 0.15) is 0 Å². The second-order valence-electron chi connectivity index (χ2n) is 1.89. The Labute approximate surface area is 58.2 Å². The Morgan fingerprint density at radius 1 is 1.18 bits per heavy atom. The summed E-state index contributed by atoms with van der Waals surface area (Å²) in [6.45, 7) is 0. The molecule has 64 valence electrons. The van der Waals surface area contributed by atoms with Crippen LogP contribution < -0.4 is 5.32 Å². The molecule has 0 radical (unpaired) electrons. The fraction of sp³-hybridized carbons (Fsp3) is 0.500. The average molecular weight is 174 g/mol. The van der Waals surface area contributed by atoms with E-state index in [9.17, 15) is 22.0 Å². The molecule has 0 aromatic rings. The van der Waals surface area contributed by atoms with Gasteiger partial charge in [-0.15, -0.1) is 5.12 Å². The van der Waals surface area contributed by atoms with Crippen LogP contribution in [-0.2, 0) is 0 Å². The van der Waals surface area contributed by atoms with E-state index in [1.54, 1.807) is 0 Å². The predicted molar refractivity (Wildman–Crippen MR) is 25.1 cm³/mol. The van der Waals surface area contributed by atoms with Gasteiger partial charge in [0, 0.05) is 6.20 Å². The average Bonchev–Trinajstić information content (AvgIpc) is 1.84. The number of alkyl halides is 4. The maximum atomic E-state index is 12.1. The van der Waals surface area contributed by atoms with Crippen molar-refractivity contribution >= 4 is 0 Å². The summed E-state index contributed by atoms with van der Waals surface area (Å²) >= 11 is 0. The Morgan fingerprint density at radius 3 is 2.09 bits per heavy atom. The molecule has 1 N–H and O–H groups in total. The predicted octanol–water partition coefficient (Wildman–Crippen LogP) is 1.43. The standard InChI is InChI=1S/C4H3F5N2/c5-3(6)4(7,8)11(9)2-1-10-3/h1-2,10H. The molecule has 1 rings (SSSR count). The minimum atomic E-state index is -4.83. The van der Waals surface area contributed by atoms with Gasteiger partial charge in [0.05, 0.1) is 6.20 Å². The molecule has 1 heterocycles. The second-order valence-corrected chi connectivity index (χ2v) is 1.89. The van der Waals surface area contributed by atoms with Crippen LogP contribution in [0.15, 0.2) is 12.4 Å². The van der Waals surface area contributed by atoms with E-state index in [0.29, 0.717) is 6.20 Å². The minimum absolute atomic E-state index is 0.178. The zero-order valence-corrected chi connectivity index (χ0v) is 4.99. The molecular formula is C4H3F5N2. The van der Waals surface area contributed by atoms with Gasteiger partial charge < -0.3 is 5.32 Å². The molecular weight excluding hydrogens is 171 g/mol. The summed E-state index contributed by atoms with van der Waals surface area (Å²) in [6, 6.07) is -9.40. The number of hydrogen-bond donors (Lipinski definition) is 1. The molecule has 0 aromatic heterocycles. The van der Waals surface area contributed by atoms with Gasteiger partial charge in [0.25, 0.3) is 0 Å². The van der Waals surface area contributed by atoms with Crippen LogP contribution >= 0.6 is 0 Å². The first-order chi connectivity index (χ1) is 4.88. The fourth-order valence-electron chi connectivity index (χ4n) is 0.522. The number of nitrogens with zero attached hydrogens (tertiary/aromatic N) is 1. The SMILES string of the molecule is FN1C=CNC(F)(F)C1(F)F. The summed E-state index contributed by atoms with van der Waals surface area (Å²) < 4.78 is 60.1. The van der Waals surface area contributed by atoms with Crippen molar-refractivity contribution < 1.29 is 22.0 Å². The van der Waals surface area contributed by atoms with Gasteiger partial charge in [-0.1, -0.05) is 4.48 Å². The maximum Gasteiger partial charge on any atom is 0.433 e. The number of nitrogens with one attached hydrogen (secondary N) is 1. The second kappa shape index (κ2) is 1.99. The molecule has 2 nitrogen and oxygen atoms in total. The smallest absolute Gasteiger partial charge is 0.325 e. The van der Waals surface area contributed by atoms with E-state index in [-0.39, 0.29) is 6.20 Å². The van der Waals surface area contributed by atoms with Crippen molar-refractivity contribution in [2.75, 3.05) is 0 Å². The van der Waals surface area contributed by atoms with E-state index in [1.807, 2.05) is 0 Å². The van der Waals surface area contributed by atoms with Crippen LogP contribution in [0.5, 0.6) is 0 Å². The lowest BCUT2D eigenvalue weighted by atomic mass is 10.4. The van der Waals surface area contributed by atoms with E-state index >= 15 is 0 Å². The van der Waals surface area contributed by atoms with Crippen LogP contribution in [0.3, 0.4) is 0 Å². The molecule has 7 heteroatoms. The van der Waals surface area contributed by atoms with Crippen LogP contribution in [0.2, 0.25) is 0 Å². The molecule has 0 bridgehead atoms. The van der Waals surface area contributed by atoms with Crippen molar-refractivity contribution in [1.82, 2.24) is 10.4 Å². The lowest BCUT2D eigenvalue weighted by molar-refractivity contribution is -0.331. The first-order valence-electron chi connectivity index (χ1n) is 2.53. The lowest BCUT2D eigenvalue weighted by Gasteiger charge is -2.32. The molecule has 0 aromatic carbocycles. The first-order valence-corrected chi connectivity index (χ1v) is 2.53. The summed E-state index contributed by atoms with van der Waals surface area (Å²) in [7, 11) is 0. The van der Waals surface area contributed by atoms with Gasteiger partial charge in [-0.05, 0) is 0 Å². The summed E-state index contributed by atoms with van der Waals surface area (Å²) in [4.78, 5) is 0. The van der Waals surface area contributed by atoms with E-state index in [4.69, 9.17) is 0 Å². The first kappa shape index (κ1) is 8.09. The third-order valence-electron chi connectivity index (χ3n) is 1.12. The Bertz CT molecular complexity index is 189. The summed E-state index contributed by atoms with van der Waals surface area (Å²) in [5, 5.41) is -0.310. The van der Waals surface area contributed by atoms with Gasteiger partial charge in [0.1, 0.15) is 0 Å². The quantitative estimate of drug-likeness (QED) is 0.339. The third-order valence-corrected chi connectivity index (χ3v) is 1.12. The highest BCUT2D eigenvalue weighted by molar-refractivity contribution is 4.95. The lowest BCUT2D eigenvalue weighted by Crippen LogP contribution is -2.58. The van der Waals surface area contributed by atoms with E-state index in [0.717, 1.165) is 5.32 Å². The molecule has 0 amide bonds. The van der Waals surface area contributed by atoms with Crippen molar-refractivity contribution in [3.05, 3.63) is 12.4 Å². The highest BCUT2D eigenvalue weighted by Crippen LogP contribution is 2.37. The zero-order chi connectivity index (χ0) is 8.70. The maximum absolute atomic E-state index is 12.1. The van der Waals surface area contributed by atoms with E-state index < -0.39 is 17.2 Å². The normalized spacial score (nSPS) is 26.5. The van der Waals surface area contributed by atoms with E-state index in [1.165, 1.54) is 0 Å². The molecule has 0 saturated carbocycles. The van der Waals surface area contributed by atoms with Crippen LogP contribution in [-0.4, -0.2) is 17.2 Å². The molecule has 0 unspecified atom stereocenters. The highest BCUT2D eigenvalue weighted by Gasteiger charge is 2.62. The summed E-state index contributed by atoms with van der Waals surface area (Å²) in [5.74, 6) is 0. The topological polar surface area (TPSA) is 15.3 Å². The van der Waals surface area contributed by atoms with Gasteiger partial charge in [-0.2, -0.15) is 17.6 Å². The molecule has 11 heavy (non-hydrogen) atoms. The number of rotatable bonds is 0. The fourth-order valence-corrected chi connectivity index (χ4v) is 0.522. The number of hydrogen-bond acceptors (Lipinski definition) is 2. The Hall–Kier alpha value is -1.01. The largest absolute Gasteiger partial charge is 0.433 e. The monoisotopic (exact) mass is 174 g/mol. The van der Waals surface area contributed by atoms with Crippen molar-refractivity contribution in [2.24, 2.45) is 0 Å². The highest BCUT2D eigenvalue weighted by atomic mass is 19.3. The van der Waals surface area contributed by atoms with Gasteiger partial charge >= 0.3 is 12.1 Å². The molecule has 1 aliphatic heterocycles. The van der Waals surface area contributed by atoms with Crippen LogP contribution in [0, 0.1) is 0 Å². The van der Waals surface area contributed by atoms with Crippen molar-refractivity contribution in [3.63, 3.8) is 0 Å². The molecule has 1 aliphatic rings. The summed E-state index contributed by atoms with van der Waals surface area (Å²) in [6.07, 6.45) is 0.578. The van der Waals surface area contributed by atoms with Crippen LogP contribution in [0.25, 0.3) is 0 Å². The van der Waals surface area contributed by atoms with Gasteiger partial charge in [0.2, 0.25) is 0 Å². The van der Waals surface area contributed by atoms with Gasteiger partial charge in [-0.3, -0.25) is 0 Å². The van der Waals surface area contributed by atoms with Crippen molar-refractivity contribution in [1.29, 1.82) is 0 Å². The zero-order valence-electron chi connectivity index (χ0n) is 4.99. The molecule has 0 spiro atoms. The van der Waals surface area contributed by atoms with Crippen LogP contribution in [0.4, 0.5) is 22.0 Å². The van der Waals surface area contributed by atoms with Gasteiger partial charge in [0.15, 0.2) is 0 Å². The van der Waals surface area contributed by atoms with Crippen molar-refractivity contribution in [3.8, 4) is 0 Å². The molecule has 0 atom stereocenters. The van der Waals surface area contributed by atoms with Crippen molar-refractivity contribution in [2.45, 2.75) is 12.1 Å². The minimum Gasteiger partial charge on any atom is -0.325 e. The Kier molecular flexibility index (Phi) is 1.46. The molecule has 0 saturated heterocycles.